The summed E-state index contributed by atoms with van der Waals surface area (Å²) in [6.07, 6.45) is 2.00. The minimum absolute atomic E-state index is 0. The van der Waals surface area contributed by atoms with E-state index in [4.69, 9.17) is 11.6 Å². The van der Waals surface area contributed by atoms with Crippen LogP contribution in [0.3, 0.4) is 0 Å². The van der Waals surface area contributed by atoms with Crippen molar-refractivity contribution in [2.45, 2.75) is 33.2 Å². The lowest BCUT2D eigenvalue weighted by molar-refractivity contribution is -0.385. The third-order valence-electron chi connectivity index (χ3n) is 2.85. The highest BCUT2D eigenvalue weighted by molar-refractivity contribution is 5.97. The van der Waals surface area contributed by atoms with Crippen LogP contribution in [0.2, 0.25) is 0 Å². The molecule has 1 aliphatic carbocycles. The Morgan fingerprint density at radius 3 is 2.68 bits per heavy atom. The van der Waals surface area contributed by atoms with E-state index in [-0.39, 0.29) is 25.0 Å². The lowest BCUT2D eigenvalue weighted by Crippen LogP contribution is -2.31. The second-order valence-corrected chi connectivity index (χ2v) is 4.35. The van der Waals surface area contributed by atoms with Gasteiger partial charge in [0.1, 0.15) is 0 Å². The molecule has 2 rings (SSSR count). The summed E-state index contributed by atoms with van der Waals surface area (Å²) in [5.41, 5.74) is 6.90. The van der Waals surface area contributed by atoms with Crippen LogP contribution in [0.4, 0.5) is 5.69 Å². The van der Waals surface area contributed by atoms with Crippen molar-refractivity contribution in [3.05, 3.63) is 39.4 Å². The van der Waals surface area contributed by atoms with Crippen molar-refractivity contribution in [2.24, 2.45) is 16.7 Å². The average molecular weight is 265 g/mol. The van der Waals surface area contributed by atoms with Gasteiger partial charge in [-0.05, 0) is 19.8 Å². The highest BCUT2D eigenvalue weighted by Gasteiger charge is 2.26. The van der Waals surface area contributed by atoms with Crippen LogP contribution in [-0.2, 0) is 0 Å². The number of hydrogen-bond acceptors (Lipinski definition) is 5. The molecule has 0 spiro atoms. The smallest absolute Gasteiger partial charge is 0.273 e. The van der Waals surface area contributed by atoms with Crippen LogP contribution in [0.15, 0.2) is 23.3 Å². The van der Waals surface area contributed by atoms with Crippen molar-refractivity contribution in [3.63, 3.8) is 0 Å². The highest BCUT2D eigenvalue weighted by Crippen LogP contribution is 2.24. The highest BCUT2D eigenvalue weighted by atomic mass is 16.6. The molecular formula is C12H19N5O2. The fraction of sp³-hybridized carbons (Fsp3) is 0.417. The van der Waals surface area contributed by atoms with Crippen molar-refractivity contribution in [2.75, 3.05) is 0 Å². The number of hydrazine groups is 1. The van der Waals surface area contributed by atoms with E-state index in [1.807, 2.05) is 0 Å². The predicted octanol–water partition coefficient (Wildman–Crippen LogP) is 1.50. The van der Waals surface area contributed by atoms with Crippen molar-refractivity contribution in [1.29, 1.82) is 0 Å². The maximum atomic E-state index is 10.8. The number of nitrogens with zero attached hydrogens (tertiary/aromatic N) is 3. The van der Waals surface area contributed by atoms with Crippen LogP contribution >= 0.6 is 0 Å². The van der Waals surface area contributed by atoms with Crippen LogP contribution in [0.25, 0.3) is 0 Å². The van der Waals surface area contributed by atoms with Gasteiger partial charge in [0.2, 0.25) is 0 Å². The van der Waals surface area contributed by atoms with E-state index >= 15 is 0 Å². The van der Waals surface area contributed by atoms with Crippen LogP contribution in [0.5, 0.6) is 0 Å². The molecule has 0 unspecified atom stereocenters. The van der Waals surface area contributed by atoms with E-state index in [9.17, 15) is 10.1 Å². The summed E-state index contributed by atoms with van der Waals surface area (Å²) < 4.78 is 0. The molecule has 0 aromatic heterocycles. The fourth-order valence-electron chi connectivity index (χ4n) is 1.57. The van der Waals surface area contributed by atoms with Gasteiger partial charge in [0, 0.05) is 17.2 Å². The predicted molar refractivity (Wildman–Crippen MR) is 74.3 cm³/mol. The number of benzene rings is 1. The molecule has 104 valence electrons. The zero-order chi connectivity index (χ0) is 13.3. The molecule has 1 aromatic carbocycles. The monoisotopic (exact) mass is 265 g/mol. The summed E-state index contributed by atoms with van der Waals surface area (Å²) in [5, 5.41) is 16.2. The normalized spacial score (nSPS) is 14.7. The number of hydrogen-bond donors (Lipinski definition) is 2. The zero-order valence-electron chi connectivity index (χ0n) is 10.0. The first-order valence-corrected chi connectivity index (χ1v) is 5.62. The van der Waals surface area contributed by atoms with Gasteiger partial charge < -0.3 is 5.73 Å². The van der Waals surface area contributed by atoms with Gasteiger partial charge in [0.15, 0.2) is 5.84 Å². The Balaban J connectivity index is 0.00000180. The van der Waals surface area contributed by atoms with Crippen molar-refractivity contribution < 1.29 is 4.92 Å². The van der Waals surface area contributed by atoms with Crippen LogP contribution < -0.4 is 11.6 Å². The van der Waals surface area contributed by atoms with Crippen LogP contribution in [0.1, 0.15) is 31.4 Å². The van der Waals surface area contributed by atoms with Gasteiger partial charge in [0.25, 0.3) is 5.69 Å². The van der Waals surface area contributed by atoms with Gasteiger partial charge in [-0.15, -0.1) is 5.10 Å². The summed E-state index contributed by atoms with van der Waals surface area (Å²) in [6, 6.07) is 4.99. The maximum absolute atomic E-state index is 10.8. The molecule has 0 atom stereocenters. The molecule has 0 bridgehead atoms. The molecule has 0 heterocycles. The average Bonchev–Trinajstić information content (AvgIpc) is 3.12. The minimum Gasteiger partial charge on any atom is -0.382 e. The first-order chi connectivity index (χ1) is 8.49. The molecule has 0 amide bonds. The molecule has 7 nitrogen and oxygen atoms in total. The van der Waals surface area contributed by atoms with E-state index in [1.165, 1.54) is 11.2 Å². The molecule has 0 saturated heterocycles. The molecule has 7 heteroatoms. The lowest BCUT2D eigenvalue weighted by Gasteiger charge is -2.12. The fourth-order valence-corrected chi connectivity index (χ4v) is 1.57. The number of amidine groups is 1. The number of nitro benzene ring substituents is 1. The molecule has 0 aliphatic heterocycles. The third-order valence-corrected chi connectivity index (χ3v) is 2.85. The summed E-state index contributed by atoms with van der Waals surface area (Å²) >= 11 is 0. The van der Waals surface area contributed by atoms with Gasteiger partial charge in [-0.25, -0.2) is 11.0 Å². The molecule has 1 saturated carbocycles. The molecular weight excluding hydrogens is 246 g/mol. The van der Waals surface area contributed by atoms with Crippen LogP contribution in [0, 0.1) is 17.0 Å². The largest absolute Gasteiger partial charge is 0.382 e. The van der Waals surface area contributed by atoms with E-state index in [0.29, 0.717) is 11.1 Å². The quantitative estimate of drug-likeness (QED) is 0.282. The zero-order valence-corrected chi connectivity index (χ0v) is 10.0. The first kappa shape index (κ1) is 14.9. The summed E-state index contributed by atoms with van der Waals surface area (Å²) in [7, 11) is 0. The molecule has 19 heavy (non-hydrogen) atoms. The molecule has 1 aromatic rings. The van der Waals surface area contributed by atoms with E-state index in [2.05, 4.69) is 5.10 Å². The van der Waals surface area contributed by atoms with E-state index in [0.717, 1.165) is 12.8 Å². The van der Waals surface area contributed by atoms with Gasteiger partial charge >= 0.3 is 0 Å². The van der Waals surface area contributed by atoms with Crippen molar-refractivity contribution in [1.82, 2.24) is 5.12 Å². The molecule has 4 N–H and O–H groups in total. The topological polar surface area (TPSA) is 111 Å². The van der Waals surface area contributed by atoms with E-state index in [1.54, 1.807) is 19.1 Å². The maximum Gasteiger partial charge on any atom is 0.273 e. The first-order valence-electron chi connectivity index (χ1n) is 5.62. The second kappa shape index (κ2) is 5.66. The van der Waals surface area contributed by atoms with Gasteiger partial charge in [-0.2, -0.15) is 0 Å². The van der Waals surface area contributed by atoms with Crippen molar-refractivity contribution in [3.8, 4) is 0 Å². The Labute approximate surface area is 112 Å². The van der Waals surface area contributed by atoms with Crippen molar-refractivity contribution >= 4 is 11.5 Å². The molecule has 1 fully saturated rings. The Kier molecular flexibility index (Phi) is 4.44. The Morgan fingerprint density at radius 2 is 2.16 bits per heavy atom. The lowest BCUT2D eigenvalue weighted by atomic mass is 10.1. The second-order valence-electron chi connectivity index (χ2n) is 4.35. The molecule has 0 radical (unpaired) electrons. The number of hydrazone groups is 1. The standard InChI is InChI=1S/C11H15N5O2.CH4/c1-7-2-3-8(6-10(7)16(17)18)11(12)14-15(13)9-4-5-9;/h2-3,6,9H,4-5,13H2,1H3,(H2,12,14);1H4. The number of nitro groups is 1. The SMILES string of the molecule is C.Cc1ccc(/C(N)=N/N(N)C2CC2)cc1[N+](=O)[O-]. The summed E-state index contributed by atoms with van der Waals surface area (Å²) in [5.74, 6) is 5.86. The Morgan fingerprint density at radius 1 is 1.53 bits per heavy atom. The third kappa shape index (κ3) is 3.41. The Bertz CT molecular complexity index is 511. The van der Waals surface area contributed by atoms with Gasteiger partial charge in [0.05, 0.1) is 11.0 Å². The minimum atomic E-state index is -0.437. The Hall–Kier alpha value is -2.15. The number of nitrogens with two attached hydrogens (primary N) is 2. The summed E-state index contributed by atoms with van der Waals surface area (Å²) in [4.78, 5) is 10.4. The van der Waals surface area contributed by atoms with Crippen LogP contribution in [-0.4, -0.2) is 21.9 Å². The summed E-state index contributed by atoms with van der Waals surface area (Å²) in [6.45, 7) is 1.68. The van der Waals surface area contributed by atoms with Gasteiger partial charge in [-0.3, -0.25) is 10.1 Å². The van der Waals surface area contributed by atoms with E-state index < -0.39 is 4.92 Å². The van der Waals surface area contributed by atoms with Gasteiger partial charge in [-0.1, -0.05) is 19.6 Å². The number of rotatable bonds is 4. The number of aryl methyl sites for hydroxylation is 1. The molecule has 1 aliphatic rings.